The predicted octanol–water partition coefficient (Wildman–Crippen LogP) is 4.33. The first-order chi connectivity index (χ1) is 7.24. The zero-order valence-corrected chi connectivity index (χ0v) is 9.24. The van der Waals surface area contributed by atoms with Gasteiger partial charge >= 0.3 is 0 Å². The summed E-state index contributed by atoms with van der Waals surface area (Å²) >= 11 is 0. The fourth-order valence-electron chi connectivity index (χ4n) is 1.37. The van der Waals surface area contributed by atoms with E-state index >= 15 is 0 Å². The van der Waals surface area contributed by atoms with E-state index in [1.807, 2.05) is 30.3 Å². The number of aliphatic hydroxyl groups is 1. The Labute approximate surface area is 91.8 Å². The molecule has 0 heterocycles. The van der Waals surface area contributed by atoms with E-state index in [-0.39, 0.29) is 0 Å². The summed E-state index contributed by atoms with van der Waals surface area (Å²) < 4.78 is 0. The van der Waals surface area contributed by atoms with Gasteiger partial charge in [-0.05, 0) is 23.6 Å². The van der Waals surface area contributed by atoms with Crippen molar-refractivity contribution in [2.24, 2.45) is 0 Å². The van der Waals surface area contributed by atoms with Gasteiger partial charge in [0, 0.05) is 6.42 Å². The Kier molecular flexibility index (Phi) is 4.69. The number of unbranched alkanes of at least 4 members (excludes halogenated alkanes) is 1. The van der Waals surface area contributed by atoms with Gasteiger partial charge in [0.25, 0.3) is 0 Å². The lowest BCUT2D eigenvalue weighted by molar-refractivity contribution is 0.384. The lowest BCUT2D eigenvalue weighted by atomic mass is 10.1. The zero-order valence-electron chi connectivity index (χ0n) is 9.24. The van der Waals surface area contributed by atoms with E-state index in [1.54, 1.807) is 6.08 Å². The summed E-state index contributed by atoms with van der Waals surface area (Å²) in [6.45, 7) is 6.05. The quantitative estimate of drug-likeness (QED) is 0.556. The summed E-state index contributed by atoms with van der Waals surface area (Å²) in [4.78, 5) is 0. The highest BCUT2D eigenvalue weighted by Gasteiger charge is 1.97. The Morgan fingerprint density at radius 3 is 2.60 bits per heavy atom. The van der Waals surface area contributed by atoms with Crippen LogP contribution in [-0.4, -0.2) is 5.11 Å². The van der Waals surface area contributed by atoms with Crippen molar-refractivity contribution in [1.29, 1.82) is 0 Å². The van der Waals surface area contributed by atoms with E-state index in [0.29, 0.717) is 5.76 Å². The maximum absolute atomic E-state index is 9.61. The molecule has 80 valence electrons. The average molecular weight is 202 g/mol. The lowest BCUT2D eigenvalue weighted by Gasteiger charge is -2.02. The zero-order chi connectivity index (χ0) is 11.1. The maximum atomic E-state index is 9.61. The molecule has 1 aromatic rings. The third-order valence-electron chi connectivity index (χ3n) is 2.27. The number of hydrogen-bond acceptors (Lipinski definition) is 1. The molecule has 0 saturated carbocycles. The van der Waals surface area contributed by atoms with Crippen molar-refractivity contribution in [2.75, 3.05) is 0 Å². The minimum atomic E-state index is 0.422. The molecule has 0 aliphatic carbocycles. The summed E-state index contributed by atoms with van der Waals surface area (Å²) in [6, 6.07) is 9.89. The van der Waals surface area contributed by atoms with Crippen molar-refractivity contribution in [3.63, 3.8) is 0 Å². The Bertz CT molecular complexity index is 336. The van der Waals surface area contributed by atoms with Crippen molar-refractivity contribution in [3.8, 4) is 0 Å². The second-order valence-electron chi connectivity index (χ2n) is 3.63. The Balaban J connectivity index is 2.62. The molecule has 0 atom stereocenters. The van der Waals surface area contributed by atoms with Crippen molar-refractivity contribution in [2.45, 2.75) is 26.2 Å². The monoisotopic (exact) mass is 202 g/mol. The molecule has 0 aromatic heterocycles. The van der Waals surface area contributed by atoms with Gasteiger partial charge in [0.1, 0.15) is 0 Å². The molecule has 0 radical (unpaired) electrons. The van der Waals surface area contributed by atoms with E-state index in [4.69, 9.17) is 0 Å². The van der Waals surface area contributed by atoms with E-state index in [0.717, 1.165) is 30.4 Å². The van der Waals surface area contributed by atoms with Gasteiger partial charge < -0.3 is 5.11 Å². The Morgan fingerprint density at radius 2 is 2.00 bits per heavy atom. The van der Waals surface area contributed by atoms with E-state index in [2.05, 4.69) is 13.5 Å². The van der Waals surface area contributed by atoms with Crippen molar-refractivity contribution >= 4 is 5.57 Å². The van der Waals surface area contributed by atoms with Gasteiger partial charge in [-0.3, -0.25) is 0 Å². The van der Waals surface area contributed by atoms with Crippen LogP contribution in [0.4, 0.5) is 0 Å². The number of hydrogen-bond donors (Lipinski definition) is 1. The van der Waals surface area contributed by atoms with Gasteiger partial charge in [0.2, 0.25) is 0 Å². The Morgan fingerprint density at radius 1 is 1.33 bits per heavy atom. The van der Waals surface area contributed by atoms with Crippen molar-refractivity contribution < 1.29 is 5.11 Å². The topological polar surface area (TPSA) is 20.2 Å². The van der Waals surface area contributed by atoms with Crippen LogP contribution in [-0.2, 0) is 0 Å². The SMILES string of the molecule is C=C(/C=C(\O)CCCC)c1ccccc1. The van der Waals surface area contributed by atoms with Crippen LogP contribution in [0, 0.1) is 0 Å². The molecule has 1 heteroatoms. The molecule has 0 aliphatic heterocycles. The molecule has 0 saturated heterocycles. The highest BCUT2D eigenvalue weighted by atomic mass is 16.3. The van der Waals surface area contributed by atoms with Crippen LogP contribution in [0.5, 0.6) is 0 Å². The van der Waals surface area contributed by atoms with E-state index in [1.165, 1.54) is 0 Å². The molecule has 0 bridgehead atoms. The smallest absolute Gasteiger partial charge is 0.0928 e. The third kappa shape index (κ3) is 4.03. The van der Waals surface area contributed by atoms with E-state index < -0.39 is 0 Å². The highest BCUT2D eigenvalue weighted by Crippen LogP contribution is 2.16. The van der Waals surface area contributed by atoms with Crippen LogP contribution in [0.15, 0.2) is 48.7 Å². The fourth-order valence-corrected chi connectivity index (χ4v) is 1.37. The molecule has 1 aromatic carbocycles. The van der Waals surface area contributed by atoms with Gasteiger partial charge in [-0.2, -0.15) is 0 Å². The molecule has 1 N–H and O–H groups in total. The molecule has 0 unspecified atom stereocenters. The fraction of sp³-hybridized carbons (Fsp3) is 0.286. The second-order valence-corrected chi connectivity index (χ2v) is 3.63. The molecule has 15 heavy (non-hydrogen) atoms. The highest BCUT2D eigenvalue weighted by molar-refractivity contribution is 5.72. The maximum Gasteiger partial charge on any atom is 0.0928 e. The third-order valence-corrected chi connectivity index (χ3v) is 2.27. The normalized spacial score (nSPS) is 11.4. The molecular weight excluding hydrogens is 184 g/mol. The van der Waals surface area contributed by atoms with Crippen LogP contribution in [0.25, 0.3) is 5.57 Å². The number of aliphatic hydroxyl groups excluding tert-OH is 1. The van der Waals surface area contributed by atoms with Gasteiger partial charge in [0.05, 0.1) is 5.76 Å². The summed E-state index contributed by atoms with van der Waals surface area (Å²) in [5.41, 5.74) is 1.92. The number of allylic oxidation sites excluding steroid dienone is 3. The lowest BCUT2D eigenvalue weighted by Crippen LogP contribution is -1.84. The average Bonchev–Trinajstić information content (AvgIpc) is 2.27. The van der Waals surface area contributed by atoms with Crippen LogP contribution in [0.2, 0.25) is 0 Å². The molecule has 1 rings (SSSR count). The first-order valence-electron chi connectivity index (χ1n) is 5.38. The molecular formula is C14H18O. The molecule has 0 spiro atoms. The first-order valence-corrected chi connectivity index (χ1v) is 5.38. The van der Waals surface area contributed by atoms with E-state index in [9.17, 15) is 5.11 Å². The number of rotatable bonds is 5. The molecule has 0 amide bonds. The number of benzene rings is 1. The van der Waals surface area contributed by atoms with Gasteiger partial charge in [-0.25, -0.2) is 0 Å². The largest absolute Gasteiger partial charge is 0.512 e. The minimum absolute atomic E-state index is 0.422. The van der Waals surface area contributed by atoms with Gasteiger partial charge in [-0.15, -0.1) is 0 Å². The first kappa shape index (κ1) is 11.6. The van der Waals surface area contributed by atoms with Crippen LogP contribution < -0.4 is 0 Å². The van der Waals surface area contributed by atoms with Crippen LogP contribution in [0.3, 0.4) is 0 Å². The Hall–Kier alpha value is -1.50. The van der Waals surface area contributed by atoms with Crippen molar-refractivity contribution in [3.05, 3.63) is 54.3 Å². The summed E-state index contributed by atoms with van der Waals surface area (Å²) in [5, 5.41) is 9.61. The summed E-state index contributed by atoms with van der Waals surface area (Å²) in [6.07, 6.45) is 4.60. The molecule has 1 nitrogen and oxygen atoms in total. The second kappa shape index (κ2) is 6.07. The van der Waals surface area contributed by atoms with Crippen molar-refractivity contribution in [1.82, 2.24) is 0 Å². The van der Waals surface area contributed by atoms with Crippen LogP contribution >= 0.6 is 0 Å². The summed E-state index contributed by atoms with van der Waals surface area (Å²) in [7, 11) is 0. The van der Waals surface area contributed by atoms with Crippen LogP contribution in [0.1, 0.15) is 31.7 Å². The predicted molar refractivity (Wildman–Crippen MR) is 65.7 cm³/mol. The van der Waals surface area contributed by atoms with Gasteiger partial charge in [-0.1, -0.05) is 50.3 Å². The molecule has 0 aliphatic rings. The summed E-state index contributed by atoms with van der Waals surface area (Å²) in [5.74, 6) is 0.422. The molecule has 0 fully saturated rings. The standard InChI is InChI=1S/C14H18O/c1-3-4-10-14(15)11-12(2)13-8-6-5-7-9-13/h5-9,11,15H,2-4,10H2,1H3/b14-11-. The minimum Gasteiger partial charge on any atom is -0.512 e. The van der Waals surface area contributed by atoms with Gasteiger partial charge in [0.15, 0.2) is 0 Å².